The van der Waals surface area contributed by atoms with Crippen LogP contribution < -0.4 is 4.74 Å². The maximum Gasteiger partial charge on any atom is 0.334 e. The Morgan fingerprint density at radius 1 is 1.41 bits per heavy atom. The first-order chi connectivity index (χ1) is 14.0. The fraction of sp³-hybridized carbons (Fsp3) is 0.500. The molecule has 4 rings (SSSR count). The van der Waals surface area contributed by atoms with E-state index in [0.29, 0.717) is 11.5 Å². The number of halogens is 1. The van der Waals surface area contributed by atoms with Crippen LogP contribution in [0.1, 0.15) is 37.1 Å². The average Bonchev–Trinajstić information content (AvgIpc) is 3.10. The minimum atomic E-state index is -0.887. The molecule has 3 heterocycles. The Morgan fingerprint density at radius 3 is 2.86 bits per heavy atom. The molecule has 1 unspecified atom stereocenters. The molecule has 2 aromatic rings. The van der Waals surface area contributed by atoms with Crippen LogP contribution in [0.25, 0.3) is 10.9 Å². The second-order valence-corrected chi connectivity index (χ2v) is 8.76. The molecule has 6 nitrogen and oxygen atoms in total. The van der Waals surface area contributed by atoms with Gasteiger partial charge in [-0.2, -0.15) is 0 Å². The van der Waals surface area contributed by atoms with Crippen LogP contribution in [0.3, 0.4) is 0 Å². The number of rotatable bonds is 5. The zero-order chi connectivity index (χ0) is 20.7. The number of ether oxygens (including phenoxy) is 2. The summed E-state index contributed by atoms with van der Waals surface area (Å²) in [5, 5.41) is 10.9. The van der Waals surface area contributed by atoms with Crippen molar-refractivity contribution in [2.75, 3.05) is 27.3 Å². The van der Waals surface area contributed by atoms with Crippen LogP contribution in [-0.4, -0.2) is 48.3 Å². The number of carbonyl (C=O) groups is 1. The summed E-state index contributed by atoms with van der Waals surface area (Å²) in [7, 11) is 3.21. The lowest BCUT2D eigenvalue weighted by atomic mass is 9.74. The van der Waals surface area contributed by atoms with E-state index in [4.69, 9.17) is 9.47 Å². The lowest BCUT2D eigenvalue weighted by Gasteiger charge is -2.46. The first-order valence-electron chi connectivity index (χ1n) is 10.1. The molecule has 0 radical (unpaired) electrons. The molecule has 1 saturated heterocycles. The van der Waals surface area contributed by atoms with Gasteiger partial charge in [0.2, 0.25) is 0 Å². The second-order valence-electron chi connectivity index (χ2n) is 7.91. The molecular weight excluding hydrogens is 436 g/mol. The Hall–Kier alpha value is -1.99. The molecule has 3 atom stereocenters. The summed E-state index contributed by atoms with van der Waals surface area (Å²) in [6.45, 7) is 4.01. The number of hydrogen-bond acceptors (Lipinski definition) is 4. The van der Waals surface area contributed by atoms with E-state index in [9.17, 15) is 9.90 Å². The van der Waals surface area contributed by atoms with Gasteiger partial charge in [-0.25, -0.2) is 4.79 Å². The van der Waals surface area contributed by atoms with Crippen molar-refractivity contribution in [3.63, 3.8) is 0 Å². The minimum Gasteiger partial charge on any atom is -0.504 e. The normalized spacial score (nSPS) is 24.8. The highest BCUT2D eigenvalue weighted by Crippen LogP contribution is 2.47. The Balaban J connectivity index is 1.79. The number of aliphatic carboxylic acids is 1. The number of carboxylic acid groups (broad SMARTS) is 1. The summed E-state index contributed by atoms with van der Waals surface area (Å²) < 4.78 is 11.8. The van der Waals surface area contributed by atoms with Gasteiger partial charge in [-0.05, 0) is 58.3 Å². The quantitative estimate of drug-likeness (QED) is 0.505. The molecule has 0 bridgehead atoms. The number of nitrogens with one attached hydrogen (secondary N) is 1. The molecule has 2 aliphatic heterocycles. The molecule has 0 aliphatic carbocycles. The van der Waals surface area contributed by atoms with Crippen LogP contribution in [0.2, 0.25) is 0 Å². The van der Waals surface area contributed by atoms with Gasteiger partial charge >= 0.3 is 5.97 Å². The highest BCUT2D eigenvalue weighted by Gasteiger charge is 2.42. The van der Waals surface area contributed by atoms with E-state index < -0.39 is 5.97 Å². The number of nitrogens with zero attached hydrogens (tertiary/aromatic N) is 1. The maximum atomic E-state index is 11.9. The van der Waals surface area contributed by atoms with Crippen LogP contribution in [0, 0.1) is 11.8 Å². The van der Waals surface area contributed by atoms with Crippen molar-refractivity contribution in [2.24, 2.45) is 11.8 Å². The van der Waals surface area contributed by atoms with Crippen LogP contribution >= 0.6 is 15.9 Å². The summed E-state index contributed by atoms with van der Waals surface area (Å²) in [4.78, 5) is 18.1. The number of aromatic nitrogens is 1. The Bertz CT molecular complexity index is 967. The Morgan fingerprint density at radius 2 is 2.21 bits per heavy atom. The summed E-state index contributed by atoms with van der Waals surface area (Å²) >= 11 is 3.60. The van der Waals surface area contributed by atoms with Crippen LogP contribution in [-0.2, 0) is 16.0 Å². The number of benzene rings is 1. The van der Waals surface area contributed by atoms with Gasteiger partial charge in [0, 0.05) is 29.7 Å². The number of hydrogen-bond donors (Lipinski definition) is 2. The first kappa shape index (κ1) is 20.3. The van der Waals surface area contributed by atoms with Gasteiger partial charge in [0.15, 0.2) is 0 Å². The van der Waals surface area contributed by atoms with E-state index >= 15 is 0 Å². The van der Waals surface area contributed by atoms with Crippen molar-refractivity contribution in [1.29, 1.82) is 0 Å². The summed E-state index contributed by atoms with van der Waals surface area (Å²) in [6, 6.07) is 4.25. The first-order valence-corrected chi connectivity index (χ1v) is 10.9. The van der Waals surface area contributed by atoms with Gasteiger partial charge < -0.3 is 19.6 Å². The van der Waals surface area contributed by atoms with Crippen molar-refractivity contribution in [3.05, 3.63) is 39.7 Å². The van der Waals surface area contributed by atoms with E-state index in [1.807, 2.05) is 6.07 Å². The van der Waals surface area contributed by atoms with E-state index in [0.717, 1.165) is 53.5 Å². The standard InChI is InChI=1S/C22H27BrN2O4/c1-4-12-10-25-8-7-13-19-17(6-5-16(23)21(19)29-3)24-20(13)18(25)9-14(12)15(11-28-2)22(26)27/h5-6,11-12,14,18,24H,4,7-10H2,1-3H3,(H,26,27)/b15-11+/t12-,14+,18?/m1/s1. The number of aromatic amines is 1. The molecule has 7 heteroatoms. The molecule has 1 aromatic heterocycles. The van der Waals surface area contributed by atoms with Crippen molar-refractivity contribution in [2.45, 2.75) is 32.2 Å². The van der Waals surface area contributed by atoms with Crippen molar-refractivity contribution in [3.8, 4) is 5.75 Å². The molecule has 0 spiro atoms. The van der Waals surface area contributed by atoms with Crippen molar-refractivity contribution >= 4 is 32.8 Å². The van der Waals surface area contributed by atoms with E-state index in [1.54, 1.807) is 7.11 Å². The maximum absolute atomic E-state index is 11.9. The van der Waals surface area contributed by atoms with Gasteiger partial charge in [-0.1, -0.05) is 13.3 Å². The fourth-order valence-electron chi connectivity index (χ4n) is 5.22. The van der Waals surface area contributed by atoms with Crippen molar-refractivity contribution in [1.82, 2.24) is 9.88 Å². The number of carboxylic acids is 1. The molecule has 1 fully saturated rings. The lowest BCUT2D eigenvalue weighted by molar-refractivity contribution is -0.134. The van der Waals surface area contributed by atoms with E-state index in [1.165, 1.54) is 24.6 Å². The van der Waals surface area contributed by atoms with Crippen LogP contribution in [0.4, 0.5) is 0 Å². The fourth-order valence-corrected chi connectivity index (χ4v) is 5.71. The largest absolute Gasteiger partial charge is 0.504 e. The monoisotopic (exact) mass is 462 g/mol. The van der Waals surface area contributed by atoms with Gasteiger partial charge in [-0.3, -0.25) is 4.90 Å². The SMILES string of the molecule is CC[C@@H]1CN2CCc3c([nH]c4ccc(Br)c(OC)c34)C2C[C@@H]1/C(=C\OC)C(=O)O. The summed E-state index contributed by atoms with van der Waals surface area (Å²) in [5.74, 6) is 0.239. The number of fused-ring (bicyclic) bond motifs is 5. The molecular formula is C22H27BrN2O4. The van der Waals surface area contributed by atoms with Gasteiger partial charge in [0.25, 0.3) is 0 Å². The molecule has 2 aliphatic rings. The van der Waals surface area contributed by atoms with E-state index in [-0.39, 0.29) is 12.0 Å². The predicted octanol–water partition coefficient (Wildman–Crippen LogP) is 4.50. The summed E-state index contributed by atoms with van der Waals surface area (Å²) in [5.41, 5.74) is 3.93. The van der Waals surface area contributed by atoms with Crippen LogP contribution in [0.15, 0.2) is 28.4 Å². The molecule has 0 amide bonds. The topological polar surface area (TPSA) is 74.8 Å². The minimum absolute atomic E-state index is 0.0373. The number of methoxy groups -OCH3 is 2. The zero-order valence-electron chi connectivity index (χ0n) is 17.0. The van der Waals surface area contributed by atoms with E-state index in [2.05, 4.69) is 38.8 Å². The van der Waals surface area contributed by atoms with Crippen molar-refractivity contribution < 1.29 is 19.4 Å². The smallest absolute Gasteiger partial charge is 0.334 e. The molecule has 156 valence electrons. The molecule has 29 heavy (non-hydrogen) atoms. The highest BCUT2D eigenvalue weighted by atomic mass is 79.9. The van der Waals surface area contributed by atoms with Gasteiger partial charge in [-0.15, -0.1) is 0 Å². The zero-order valence-corrected chi connectivity index (χ0v) is 18.6. The summed E-state index contributed by atoms with van der Waals surface area (Å²) in [6.07, 6.45) is 4.09. The predicted molar refractivity (Wildman–Crippen MR) is 115 cm³/mol. The third-order valence-corrected chi connectivity index (χ3v) is 7.19. The number of H-pyrrole nitrogens is 1. The van der Waals surface area contributed by atoms with Crippen LogP contribution in [0.5, 0.6) is 5.75 Å². The second kappa shape index (κ2) is 8.03. The lowest BCUT2D eigenvalue weighted by Crippen LogP contribution is -2.46. The molecule has 1 aromatic carbocycles. The van der Waals surface area contributed by atoms with Gasteiger partial charge in [0.05, 0.1) is 36.6 Å². The Kier molecular flexibility index (Phi) is 5.62. The number of piperidine rings is 1. The Labute approximate surface area is 179 Å². The van der Waals surface area contributed by atoms with Gasteiger partial charge in [0.1, 0.15) is 5.75 Å². The molecule has 2 N–H and O–H groups in total. The average molecular weight is 463 g/mol. The highest BCUT2D eigenvalue weighted by molar-refractivity contribution is 9.10. The molecule has 0 saturated carbocycles. The third kappa shape index (κ3) is 3.34. The third-order valence-electron chi connectivity index (χ3n) is 6.56.